The van der Waals surface area contributed by atoms with Gasteiger partial charge in [-0.25, -0.2) is 4.99 Å². The number of hydrogen-bond acceptors (Lipinski definition) is 5. The van der Waals surface area contributed by atoms with Gasteiger partial charge in [0.2, 0.25) is 5.91 Å². The van der Waals surface area contributed by atoms with E-state index in [1.54, 1.807) is 0 Å². The van der Waals surface area contributed by atoms with Crippen LogP contribution in [-0.2, 0) is 18.4 Å². The van der Waals surface area contributed by atoms with Gasteiger partial charge in [-0.2, -0.15) is 0 Å². The van der Waals surface area contributed by atoms with Crippen LogP contribution in [0.15, 0.2) is 4.99 Å². The number of nitrogens with zero attached hydrogens (tertiary/aromatic N) is 7. The average Bonchev–Trinajstić information content (AvgIpc) is 3.04. The average molecular weight is 391 g/mol. The number of amides is 1. The zero-order chi connectivity index (χ0) is 19.9. The number of guanidine groups is 1. The zero-order valence-corrected chi connectivity index (χ0v) is 17.5. The molecule has 1 aromatic rings. The molecular weight excluding hydrogens is 356 g/mol. The first-order valence-corrected chi connectivity index (χ1v) is 10.5. The Morgan fingerprint density at radius 2 is 1.75 bits per heavy atom. The number of piperidine rings is 1. The van der Waals surface area contributed by atoms with Crippen LogP contribution >= 0.6 is 0 Å². The predicted molar refractivity (Wildman–Crippen MR) is 109 cm³/mol. The molecular formula is C19H34N8O. The van der Waals surface area contributed by atoms with Crippen molar-refractivity contribution in [2.75, 3.05) is 52.4 Å². The number of likely N-dealkylation sites (tertiary alicyclic amines) is 1. The van der Waals surface area contributed by atoms with E-state index in [4.69, 9.17) is 4.99 Å². The first-order chi connectivity index (χ1) is 13.6. The molecule has 0 bridgehead atoms. The molecule has 9 heteroatoms. The quantitative estimate of drug-likeness (QED) is 0.572. The Kier molecular flexibility index (Phi) is 7.24. The van der Waals surface area contributed by atoms with Gasteiger partial charge in [0.15, 0.2) is 11.8 Å². The van der Waals surface area contributed by atoms with Crippen molar-refractivity contribution < 1.29 is 4.79 Å². The minimum absolute atomic E-state index is 0.284. The van der Waals surface area contributed by atoms with E-state index >= 15 is 0 Å². The van der Waals surface area contributed by atoms with Crippen LogP contribution in [0, 0.1) is 6.92 Å². The lowest BCUT2D eigenvalue weighted by atomic mass is 10.1. The summed E-state index contributed by atoms with van der Waals surface area (Å²) < 4.78 is 1.97. The van der Waals surface area contributed by atoms with E-state index in [0.29, 0.717) is 13.1 Å². The fraction of sp³-hybridized carbons (Fsp3) is 0.789. The van der Waals surface area contributed by atoms with Crippen molar-refractivity contribution in [3.63, 3.8) is 0 Å². The molecule has 0 aromatic carbocycles. The second kappa shape index (κ2) is 9.86. The summed E-state index contributed by atoms with van der Waals surface area (Å²) in [6.45, 7) is 11.3. The molecule has 0 atom stereocenters. The van der Waals surface area contributed by atoms with Crippen molar-refractivity contribution in [3.05, 3.63) is 11.6 Å². The molecule has 0 radical (unpaired) electrons. The Labute approximate surface area is 167 Å². The molecule has 156 valence electrons. The van der Waals surface area contributed by atoms with E-state index in [1.165, 1.54) is 6.42 Å². The summed E-state index contributed by atoms with van der Waals surface area (Å²) in [5.41, 5.74) is 0. The van der Waals surface area contributed by atoms with Crippen LogP contribution in [0.4, 0.5) is 0 Å². The van der Waals surface area contributed by atoms with Crippen LogP contribution in [0.2, 0.25) is 0 Å². The summed E-state index contributed by atoms with van der Waals surface area (Å²) in [5.74, 6) is 2.94. The normalized spacial score (nSPS) is 19.2. The van der Waals surface area contributed by atoms with Crippen molar-refractivity contribution in [2.24, 2.45) is 12.0 Å². The van der Waals surface area contributed by atoms with Crippen molar-refractivity contribution >= 4 is 11.9 Å². The van der Waals surface area contributed by atoms with Crippen LogP contribution < -0.4 is 5.32 Å². The molecule has 1 N–H and O–H groups in total. The highest BCUT2D eigenvalue weighted by atomic mass is 16.2. The maximum absolute atomic E-state index is 12.5. The lowest BCUT2D eigenvalue weighted by Gasteiger charge is -2.37. The number of hydrogen-bond donors (Lipinski definition) is 1. The third-order valence-electron chi connectivity index (χ3n) is 5.63. The van der Waals surface area contributed by atoms with Gasteiger partial charge in [-0.15, -0.1) is 10.2 Å². The van der Waals surface area contributed by atoms with Gasteiger partial charge in [0.05, 0.1) is 6.54 Å². The number of aromatic nitrogens is 3. The topological polar surface area (TPSA) is 81.9 Å². The molecule has 3 heterocycles. The summed E-state index contributed by atoms with van der Waals surface area (Å²) in [6.07, 6.45) is 3.54. The lowest BCUT2D eigenvalue weighted by molar-refractivity contribution is -0.133. The molecule has 2 aliphatic heterocycles. The van der Waals surface area contributed by atoms with Crippen molar-refractivity contribution in [3.8, 4) is 0 Å². The Hall–Kier alpha value is -2.16. The molecule has 1 amide bonds. The molecule has 2 fully saturated rings. The van der Waals surface area contributed by atoms with E-state index < -0.39 is 0 Å². The molecule has 2 aliphatic rings. The minimum atomic E-state index is 0.284. The fourth-order valence-corrected chi connectivity index (χ4v) is 3.71. The predicted octanol–water partition coefficient (Wildman–Crippen LogP) is 0.219. The van der Waals surface area contributed by atoms with E-state index in [0.717, 1.165) is 76.3 Å². The number of carbonyl (C=O) groups is 1. The molecule has 28 heavy (non-hydrogen) atoms. The number of piperazine rings is 1. The molecule has 3 rings (SSSR count). The smallest absolute Gasteiger partial charge is 0.236 e. The van der Waals surface area contributed by atoms with Gasteiger partial charge in [0.1, 0.15) is 12.4 Å². The first kappa shape index (κ1) is 20.6. The minimum Gasteiger partial charge on any atom is -0.357 e. The first-order valence-electron chi connectivity index (χ1n) is 10.5. The highest BCUT2D eigenvalue weighted by Gasteiger charge is 2.24. The van der Waals surface area contributed by atoms with E-state index in [1.807, 2.05) is 23.4 Å². The number of rotatable bonds is 5. The van der Waals surface area contributed by atoms with E-state index in [2.05, 4.69) is 32.2 Å². The van der Waals surface area contributed by atoms with Gasteiger partial charge in [-0.3, -0.25) is 9.69 Å². The van der Waals surface area contributed by atoms with Gasteiger partial charge in [-0.1, -0.05) is 0 Å². The van der Waals surface area contributed by atoms with Crippen molar-refractivity contribution in [1.82, 2.24) is 34.8 Å². The molecule has 1 aromatic heterocycles. The standard InChI is InChI=1S/C19H34N8O/c1-4-20-19(21-14-17-23-22-16(2)24(17)3)27-12-10-25(11-13-27)15-18(28)26-8-6-5-7-9-26/h4-15H2,1-3H3,(H,20,21). The SMILES string of the molecule is CCNC(=NCc1nnc(C)n1C)N1CCN(CC(=O)N2CCCCC2)CC1. The Morgan fingerprint density at radius 1 is 1.04 bits per heavy atom. The van der Waals surface area contributed by atoms with E-state index in [-0.39, 0.29) is 5.91 Å². The van der Waals surface area contributed by atoms with Gasteiger partial charge in [0.25, 0.3) is 0 Å². The monoisotopic (exact) mass is 390 g/mol. The van der Waals surface area contributed by atoms with Crippen LogP contribution in [0.25, 0.3) is 0 Å². The van der Waals surface area contributed by atoms with Gasteiger partial charge in [0, 0.05) is 52.9 Å². The number of carbonyl (C=O) groups excluding carboxylic acids is 1. The highest BCUT2D eigenvalue weighted by Crippen LogP contribution is 2.10. The second-order valence-electron chi connectivity index (χ2n) is 7.60. The third kappa shape index (κ3) is 5.21. The molecule has 2 saturated heterocycles. The largest absolute Gasteiger partial charge is 0.357 e. The zero-order valence-electron chi connectivity index (χ0n) is 17.5. The Balaban J connectivity index is 1.51. The Bertz CT molecular complexity index is 671. The summed E-state index contributed by atoms with van der Waals surface area (Å²) >= 11 is 0. The molecule has 9 nitrogen and oxygen atoms in total. The second-order valence-corrected chi connectivity index (χ2v) is 7.60. The number of nitrogens with one attached hydrogen (secondary N) is 1. The van der Waals surface area contributed by atoms with Crippen molar-refractivity contribution in [1.29, 1.82) is 0 Å². The van der Waals surface area contributed by atoms with E-state index in [9.17, 15) is 4.79 Å². The highest BCUT2D eigenvalue weighted by molar-refractivity contribution is 5.80. The summed E-state index contributed by atoms with van der Waals surface area (Å²) in [4.78, 5) is 23.8. The molecule has 0 aliphatic carbocycles. The van der Waals surface area contributed by atoms with Gasteiger partial charge >= 0.3 is 0 Å². The van der Waals surface area contributed by atoms with Gasteiger partial charge in [-0.05, 0) is 33.1 Å². The maximum Gasteiger partial charge on any atom is 0.236 e. The summed E-state index contributed by atoms with van der Waals surface area (Å²) in [7, 11) is 1.96. The molecule has 0 unspecified atom stereocenters. The van der Waals surface area contributed by atoms with Crippen LogP contribution in [0.3, 0.4) is 0 Å². The van der Waals surface area contributed by atoms with Crippen LogP contribution in [0.5, 0.6) is 0 Å². The molecule has 0 saturated carbocycles. The lowest BCUT2D eigenvalue weighted by Crippen LogP contribution is -2.54. The third-order valence-corrected chi connectivity index (χ3v) is 5.63. The summed E-state index contributed by atoms with van der Waals surface area (Å²) in [5, 5.41) is 11.7. The molecule has 0 spiro atoms. The Morgan fingerprint density at radius 3 is 2.36 bits per heavy atom. The van der Waals surface area contributed by atoms with Gasteiger partial charge < -0.3 is 19.7 Å². The summed E-state index contributed by atoms with van der Waals surface area (Å²) in [6, 6.07) is 0. The van der Waals surface area contributed by atoms with Crippen LogP contribution in [0.1, 0.15) is 37.8 Å². The number of aryl methyl sites for hydroxylation is 1. The maximum atomic E-state index is 12.5. The van der Waals surface area contributed by atoms with Crippen molar-refractivity contribution in [2.45, 2.75) is 39.7 Å². The fourth-order valence-electron chi connectivity index (χ4n) is 3.71. The number of aliphatic imine (C=N–C) groups is 1. The van der Waals surface area contributed by atoms with Crippen LogP contribution in [-0.4, -0.2) is 93.7 Å².